The molecule has 0 spiro atoms. The smallest absolute Gasteiger partial charge is 0.315 e. The molecule has 0 saturated carbocycles. The van der Waals surface area contributed by atoms with Gasteiger partial charge in [-0.3, -0.25) is 9.59 Å². The zero-order chi connectivity index (χ0) is 16.0. The molecule has 1 heterocycles. The number of nitrogens with one attached hydrogen (secondary N) is 2. The van der Waals surface area contributed by atoms with Crippen molar-refractivity contribution in [2.75, 3.05) is 19.6 Å². The topological polar surface area (TPSA) is 119 Å². The molecular formula is C13H23N3O5. The van der Waals surface area contributed by atoms with Gasteiger partial charge in [-0.25, -0.2) is 4.79 Å². The largest absolute Gasteiger partial charge is 0.481 e. The van der Waals surface area contributed by atoms with Gasteiger partial charge in [0.25, 0.3) is 0 Å². The molecule has 0 aromatic rings. The van der Waals surface area contributed by atoms with E-state index in [1.807, 2.05) is 0 Å². The lowest BCUT2D eigenvalue weighted by atomic mass is 10.0. The van der Waals surface area contributed by atoms with E-state index in [2.05, 4.69) is 10.6 Å². The van der Waals surface area contributed by atoms with Crippen LogP contribution in [-0.2, 0) is 9.59 Å². The van der Waals surface area contributed by atoms with Crippen LogP contribution < -0.4 is 10.6 Å². The molecule has 1 fully saturated rings. The highest BCUT2D eigenvalue weighted by Crippen LogP contribution is 2.09. The Balaban J connectivity index is 2.35. The second-order valence-corrected chi connectivity index (χ2v) is 5.65. The Morgan fingerprint density at radius 2 is 1.86 bits per heavy atom. The third-order valence-corrected chi connectivity index (χ3v) is 3.30. The average molecular weight is 301 g/mol. The Hall–Kier alpha value is -1.83. The fourth-order valence-corrected chi connectivity index (χ4v) is 2.18. The summed E-state index contributed by atoms with van der Waals surface area (Å²) in [6.45, 7) is 4.12. The standard InChI is InChI=1S/C13H23N3O5/c1-9(11(19)16-5-3-4-6-16)15-12(20)14-8-13(2,21)7-10(17)18/h9,21H,3-8H2,1-2H3,(H,17,18)(H2,14,15,20). The maximum atomic E-state index is 12.0. The predicted molar refractivity (Wildman–Crippen MR) is 74.7 cm³/mol. The number of carboxylic acids is 1. The molecule has 4 N–H and O–H groups in total. The SMILES string of the molecule is CC(NC(=O)NCC(C)(O)CC(=O)O)C(=O)N1CCCC1. The van der Waals surface area contributed by atoms with Crippen LogP contribution in [0, 0.1) is 0 Å². The minimum absolute atomic E-state index is 0.139. The zero-order valence-electron chi connectivity index (χ0n) is 12.4. The third kappa shape index (κ3) is 5.99. The van der Waals surface area contributed by atoms with Gasteiger partial charge in [0.05, 0.1) is 12.0 Å². The van der Waals surface area contributed by atoms with Crippen molar-refractivity contribution in [3.8, 4) is 0 Å². The summed E-state index contributed by atoms with van der Waals surface area (Å²) >= 11 is 0. The Labute approximate surface area is 123 Å². The van der Waals surface area contributed by atoms with Gasteiger partial charge in [-0.15, -0.1) is 0 Å². The molecule has 120 valence electrons. The molecule has 0 aliphatic carbocycles. The molecule has 0 radical (unpaired) electrons. The highest BCUT2D eigenvalue weighted by atomic mass is 16.4. The number of aliphatic carboxylic acids is 1. The van der Waals surface area contributed by atoms with E-state index in [1.54, 1.807) is 11.8 Å². The van der Waals surface area contributed by atoms with Crippen LogP contribution in [0.2, 0.25) is 0 Å². The molecule has 0 bridgehead atoms. The second-order valence-electron chi connectivity index (χ2n) is 5.65. The lowest BCUT2D eigenvalue weighted by molar-refractivity contribution is -0.141. The lowest BCUT2D eigenvalue weighted by Gasteiger charge is -2.24. The van der Waals surface area contributed by atoms with Gasteiger partial charge in [-0.2, -0.15) is 0 Å². The number of carbonyl (C=O) groups excluding carboxylic acids is 2. The molecule has 1 aliphatic heterocycles. The third-order valence-electron chi connectivity index (χ3n) is 3.30. The van der Waals surface area contributed by atoms with E-state index in [4.69, 9.17) is 5.11 Å². The summed E-state index contributed by atoms with van der Waals surface area (Å²) in [6, 6.07) is -1.27. The van der Waals surface area contributed by atoms with Crippen LogP contribution in [-0.4, -0.2) is 64.3 Å². The molecule has 3 amide bonds. The summed E-state index contributed by atoms with van der Waals surface area (Å²) < 4.78 is 0. The van der Waals surface area contributed by atoms with E-state index in [-0.39, 0.29) is 12.5 Å². The van der Waals surface area contributed by atoms with Gasteiger partial charge < -0.3 is 25.7 Å². The Morgan fingerprint density at radius 3 is 2.38 bits per heavy atom. The van der Waals surface area contributed by atoms with E-state index < -0.39 is 30.1 Å². The van der Waals surface area contributed by atoms with Crippen molar-refractivity contribution < 1.29 is 24.6 Å². The first kappa shape index (κ1) is 17.2. The first-order chi connectivity index (χ1) is 9.71. The van der Waals surface area contributed by atoms with Crippen molar-refractivity contribution in [1.29, 1.82) is 0 Å². The number of urea groups is 1. The van der Waals surface area contributed by atoms with Crippen molar-refractivity contribution in [2.24, 2.45) is 0 Å². The minimum atomic E-state index is -1.54. The van der Waals surface area contributed by atoms with Gasteiger partial charge in [-0.1, -0.05) is 0 Å². The van der Waals surface area contributed by atoms with Gasteiger partial charge >= 0.3 is 12.0 Å². The van der Waals surface area contributed by atoms with Crippen molar-refractivity contribution >= 4 is 17.9 Å². The van der Waals surface area contributed by atoms with Crippen LogP contribution in [0.25, 0.3) is 0 Å². The number of aliphatic hydroxyl groups is 1. The molecule has 0 aromatic heterocycles. The van der Waals surface area contributed by atoms with E-state index in [0.717, 1.165) is 12.8 Å². The summed E-state index contributed by atoms with van der Waals surface area (Å²) in [7, 11) is 0. The number of carbonyl (C=O) groups is 3. The predicted octanol–water partition coefficient (Wildman–Crippen LogP) is -0.478. The Kier molecular flexibility index (Phi) is 5.95. The normalized spacial score (nSPS) is 18.7. The van der Waals surface area contributed by atoms with Crippen molar-refractivity contribution in [1.82, 2.24) is 15.5 Å². The monoisotopic (exact) mass is 301 g/mol. The number of amides is 3. The van der Waals surface area contributed by atoms with Gasteiger partial charge in [0.1, 0.15) is 6.04 Å². The van der Waals surface area contributed by atoms with Gasteiger partial charge in [0.15, 0.2) is 0 Å². The molecule has 8 heteroatoms. The maximum Gasteiger partial charge on any atom is 0.315 e. The molecule has 0 aromatic carbocycles. The van der Waals surface area contributed by atoms with E-state index in [1.165, 1.54) is 6.92 Å². The van der Waals surface area contributed by atoms with E-state index in [0.29, 0.717) is 13.1 Å². The van der Waals surface area contributed by atoms with E-state index >= 15 is 0 Å². The lowest BCUT2D eigenvalue weighted by Crippen LogP contribution is -2.51. The van der Waals surface area contributed by atoms with Gasteiger partial charge in [0, 0.05) is 19.6 Å². The van der Waals surface area contributed by atoms with Crippen LogP contribution in [0.5, 0.6) is 0 Å². The fourth-order valence-electron chi connectivity index (χ4n) is 2.18. The van der Waals surface area contributed by atoms with Crippen LogP contribution in [0.15, 0.2) is 0 Å². The first-order valence-corrected chi connectivity index (χ1v) is 6.98. The maximum absolute atomic E-state index is 12.0. The summed E-state index contributed by atoms with van der Waals surface area (Å²) in [4.78, 5) is 35.9. The molecule has 1 rings (SSSR count). The fraction of sp³-hybridized carbons (Fsp3) is 0.769. The summed E-state index contributed by atoms with van der Waals surface area (Å²) in [5.74, 6) is -1.29. The van der Waals surface area contributed by atoms with Crippen molar-refractivity contribution in [2.45, 2.75) is 44.8 Å². The highest BCUT2D eigenvalue weighted by Gasteiger charge is 2.27. The molecule has 1 aliphatic rings. The summed E-state index contributed by atoms with van der Waals surface area (Å²) in [5.41, 5.74) is -1.54. The number of hydrogen-bond acceptors (Lipinski definition) is 4. The van der Waals surface area contributed by atoms with Gasteiger partial charge in [-0.05, 0) is 26.7 Å². The minimum Gasteiger partial charge on any atom is -0.481 e. The quantitative estimate of drug-likeness (QED) is 0.528. The Bertz CT molecular complexity index is 405. The molecule has 21 heavy (non-hydrogen) atoms. The van der Waals surface area contributed by atoms with Crippen LogP contribution >= 0.6 is 0 Å². The molecule has 2 unspecified atom stereocenters. The van der Waals surface area contributed by atoms with Crippen LogP contribution in [0.4, 0.5) is 4.79 Å². The van der Waals surface area contributed by atoms with Crippen molar-refractivity contribution in [3.05, 3.63) is 0 Å². The first-order valence-electron chi connectivity index (χ1n) is 6.98. The van der Waals surface area contributed by atoms with Crippen LogP contribution in [0.3, 0.4) is 0 Å². The summed E-state index contributed by atoms with van der Waals surface area (Å²) in [5, 5.41) is 23.2. The second kappa shape index (κ2) is 7.26. The number of hydrogen-bond donors (Lipinski definition) is 4. The Morgan fingerprint density at radius 1 is 1.29 bits per heavy atom. The number of carboxylic acid groups (broad SMARTS) is 1. The summed E-state index contributed by atoms with van der Waals surface area (Å²) in [6.07, 6.45) is 1.47. The number of rotatable bonds is 6. The van der Waals surface area contributed by atoms with Crippen molar-refractivity contribution in [3.63, 3.8) is 0 Å². The molecule has 2 atom stereocenters. The van der Waals surface area contributed by atoms with E-state index in [9.17, 15) is 19.5 Å². The average Bonchev–Trinajstić information content (AvgIpc) is 2.87. The molecular weight excluding hydrogens is 278 g/mol. The van der Waals surface area contributed by atoms with Gasteiger partial charge in [0.2, 0.25) is 5.91 Å². The molecule has 8 nitrogen and oxygen atoms in total. The number of nitrogens with zero attached hydrogens (tertiary/aromatic N) is 1. The molecule has 1 saturated heterocycles. The number of likely N-dealkylation sites (tertiary alicyclic amines) is 1. The zero-order valence-corrected chi connectivity index (χ0v) is 12.4. The highest BCUT2D eigenvalue weighted by molar-refractivity contribution is 5.86. The van der Waals surface area contributed by atoms with Crippen LogP contribution in [0.1, 0.15) is 33.1 Å².